The first-order valence-electron chi connectivity index (χ1n) is 9.74. The summed E-state index contributed by atoms with van der Waals surface area (Å²) in [6, 6.07) is 7.63. The van der Waals surface area contributed by atoms with E-state index < -0.39 is 15.3 Å². The van der Waals surface area contributed by atoms with E-state index >= 15 is 0 Å². The number of benzene rings is 1. The Morgan fingerprint density at radius 3 is 2.42 bits per heavy atom. The molecule has 1 fully saturated rings. The molecular weight excluding hydrogens is 348 g/mol. The lowest BCUT2D eigenvalue weighted by molar-refractivity contribution is -0.121. The van der Waals surface area contributed by atoms with Crippen LogP contribution in [0.5, 0.6) is 0 Å². The average molecular weight is 381 g/mol. The highest BCUT2D eigenvalue weighted by molar-refractivity contribution is 7.90. The summed E-state index contributed by atoms with van der Waals surface area (Å²) in [6.07, 6.45) is 6.69. The second kappa shape index (κ2) is 9.51. The highest BCUT2D eigenvalue weighted by atomic mass is 32.2. The lowest BCUT2D eigenvalue weighted by atomic mass is 9.84. The van der Waals surface area contributed by atoms with Crippen molar-refractivity contribution < 1.29 is 13.2 Å². The van der Waals surface area contributed by atoms with E-state index in [2.05, 4.69) is 17.0 Å². The molecular formula is C20H32N2O3S. The summed E-state index contributed by atoms with van der Waals surface area (Å²) in [5.41, 5.74) is 2.04. The highest BCUT2D eigenvalue weighted by Gasteiger charge is 2.34. The second-order valence-electron chi connectivity index (χ2n) is 7.50. The number of sulfonamides is 1. The van der Waals surface area contributed by atoms with Crippen LogP contribution in [0.25, 0.3) is 0 Å². The van der Waals surface area contributed by atoms with Crippen LogP contribution in [-0.4, -0.2) is 25.6 Å². The van der Waals surface area contributed by atoms with Crippen molar-refractivity contribution in [2.24, 2.45) is 5.92 Å². The number of carbonyl (C=O) groups excluding carboxylic acids is 1. The predicted octanol–water partition coefficient (Wildman–Crippen LogP) is 3.85. The first-order chi connectivity index (χ1) is 12.3. The standard InChI is InChI=1S/C20H32N2O3S/c1-4-5-8-16-11-13-17(14-12-16)21-20(23)18-9-6-7-10-19(18)22-26(24,25)15(2)3/h11-15,18-19,22H,4-10H2,1-3H3,(H,21,23). The van der Waals surface area contributed by atoms with Crippen molar-refractivity contribution in [3.8, 4) is 0 Å². The molecule has 2 N–H and O–H groups in total. The highest BCUT2D eigenvalue weighted by Crippen LogP contribution is 2.27. The summed E-state index contributed by atoms with van der Waals surface area (Å²) < 4.78 is 27.2. The van der Waals surface area contributed by atoms with Crippen LogP contribution in [0, 0.1) is 5.92 Å². The number of unbranched alkanes of at least 4 members (excludes halogenated alkanes) is 1. The molecule has 0 saturated heterocycles. The average Bonchev–Trinajstić information content (AvgIpc) is 2.61. The molecule has 2 atom stereocenters. The topological polar surface area (TPSA) is 75.3 Å². The van der Waals surface area contributed by atoms with Gasteiger partial charge in [0.25, 0.3) is 0 Å². The van der Waals surface area contributed by atoms with Gasteiger partial charge in [-0.25, -0.2) is 13.1 Å². The molecule has 0 aromatic heterocycles. The smallest absolute Gasteiger partial charge is 0.229 e. The Morgan fingerprint density at radius 1 is 1.15 bits per heavy atom. The van der Waals surface area contributed by atoms with E-state index in [1.165, 1.54) is 5.56 Å². The van der Waals surface area contributed by atoms with Crippen molar-refractivity contribution in [3.63, 3.8) is 0 Å². The molecule has 0 aliphatic heterocycles. The minimum atomic E-state index is -3.38. The van der Waals surface area contributed by atoms with Crippen molar-refractivity contribution in [1.29, 1.82) is 0 Å². The molecule has 1 aromatic rings. The Labute approximate surface area is 158 Å². The van der Waals surface area contributed by atoms with Crippen LogP contribution in [-0.2, 0) is 21.2 Å². The van der Waals surface area contributed by atoms with Crippen molar-refractivity contribution in [3.05, 3.63) is 29.8 Å². The van der Waals surface area contributed by atoms with E-state index in [1.807, 2.05) is 24.3 Å². The number of aryl methyl sites for hydroxylation is 1. The summed E-state index contributed by atoms with van der Waals surface area (Å²) in [6.45, 7) is 5.48. The largest absolute Gasteiger partial charge is 0.326 e. The normalized spacial score (nSPS) is 20.9. The number of carbonyl (C=O) groups is 1. The Hall–Kier alpha value is -1.40. The van der Waals surface area contributed by atoms with Gasteiger partial charge in [0, 0.05) is 11.7 Å². The Balaban J connectivity index is 2.01. The Bertz CT molecular complexity index is 684. The minimum Gasteiger partial charge on any atom is -0.326 e. The minimum absolute atomic E-state index is 0.0949. The van der Waals surface area contributed by atoms with Crippen LogP contribution in [0.4, 0.5) is 5.69 Å². The first kappa shape index (κ1) is 20.9. The van der Waals surface area contributed by atoms with Crippen LogP contribution in [0.2, 0.25) is 0 Å². The van der Waals surface area contributed by atoms with Gasteiger partial charge in [-0.15, -0.1) is 0 Å². The van der Waals surface area contributed by atoms with Crippen molar-refractivity contribution >= 4 is 21.6 Å². The summed E-state index contributed by atoms with van der Waals surface area (Å²) in [5.74, 6) is -0.417. The van der Waals surface area contributed by atoms with Gasteiger partial charge in [0.05, 0.1) is 11.2 Å². The molecule has 2 unspecified atom stereocenters. The van der Waals surface area contributed by atoms with Crippen LogP contribution in [0.3, 0.4) is 0 Å². The number of nitrogens with one attached hydrogen (secondary N) is 2. The van der Waals surface area contributed by atoms with E-state index in [0.717, 1.165) is 37.8 Å². The molecule has 0 radical (unpaired) electrons. The maximum atomic E-state index is 12.7. The third kappa shape index (κ3) is 5.81. The fourth-order valence-electron chi connectivity index (χ4n) is 3.30. The summed E-state index contributed by atoms with van der Waals surface area (Å²) >= 11 is 0. The van der Waals surface area contributed by atoms with Gasteiger partial charge in [0.2, 0.25) is 15.9 Å². The van der Waals surface area contributed by atoms with Gasteiger partial charge in [-0.05, 0) is 57.2 Å². The van der Waals surface area contributed by atoms with Crippen molar-refractivity contribution in [2.45, 2.75) is 77.0 Å². The zero-order valence-corrected chi connectivity index (χ0v) is 16.9. The van der Waals surface area contributed by atoms with Gasteiger partial charge in [0.15, 0.2) is 0 Å². The number of amides is 1. The SMILES string of the molecule is CCCCc1ccc(NC(=O)C2CCCCC2NS(=O)(=O)C(C)C)cc1. The van der Waals surface area contributed by atoms with Crippen LogP contribution < -0.4 is 10.0 Å². The maximum absolute atomic E-state index is 12.7. The quantitative estimate of drug-likeness (QED) is 0.719. The fourth-order valence-corrected chi connectivity index (χ4v) is 4.28. The molecule has 1 saturated carbocycles. The zero-order chi connectivity index (χ0) is 19.2. The lowest BCUT2D eigenvalue weighted by Gasteiger charge is -2.31. The molecule has 1 aromatic carbocycles. The molecule has 0 spiro atoms. The second-order valence-corrected chi connectivity index (χ2v) is 9.77. The van der Waals surface area contributed by atoms with Crippen molar-refractivity contribution in [1.82, 2.24) is 4.72 Å². The van der Waals surface area contributed by atoms with E-state index in [-0.39, 0.29) is 17.9 Å². The van der Waals surface area contributed by atoms with Gasteiger partial charge in [-0.1, -0.05) is 38.3 Å². The lowest BCUT2D eigenvalue weighted by Crippen LogP contribution is -2.48. The summed E-state index contributed by atoms with van der Waals surface area (Å²) in [4.78, 5) is 12.7. The molecule has 0 heterocycles. The number of hydrogen-bond donors (Lipinski definition) is 2. The van der Waals surface area contributed by atoms with Gasteiger partial charge in [0.1, 0.15) is 0 Å². The predicted molar refractivity (Wildman–Crippen MR) is 107 cm³/mol. The summed E-state index contributed by atoms with van der Waals surface area (Å²) in [7, 11) is -3.38. The van der Waals surface area contributed by atoms with Crippen molar-refractivity contribution in [2.75, 3.05) is 5.32 Å². The molecule has 0 bridgehead atoms. The van der Waals surface area contributed by atoms with Crippen LogP contribution in [0.1, 0.15) is 64.9 Å². The first-order valence-corrected chi connectivity index (χ1v) is 11.3. The molecule has 2 rings (SSSR count). The Morgan fingerprint density at radius 2 is 1.81 bits per heavy atom. The van der Waals surface area contributed by atoms with E-state index in [1.54, 1.807) is 13.8 Å². The molecule has 5 nitrogen and oxygen atoms in total. The molecule has 146 valence electrons. The molecule has 6 heteroatoms. The number of anilines is 1. The maximum Gasteiger partial charge on any atom is 0.229 e. The zero-order valence-electron chi connectivity index (χ0n) is 16.1. The van der Waals surface area contributed by atoms with Crippen LogP contribution >= 0.6 is 0 Å². The molecule has 1 aliphatic rings. The van der Waals surface area contributed by atoms with Crippen LogP contribution in [0.15, 0.2) is 24.3 Å². The summed E-state index contributed by atoms with van der Waals surface area (Å²) in [5, 5.41) is 2.47. The third-order valence-electron chi connectivity index (χ3n) is 5.08. The molecule has 26 heavy (non-hydrogen) atoms. The fraction of sp³-hybridized carbons (Fsp3) is 0.650. The number of rotatable bonds is 8. The number of hydrogen-bond acceptors (Lipinski definition) is 3. The van der Waals surface area contributed by atoms with E-state index in [0.29, 0.717) is 12.8 Å². The Kier molecular flexibility index (Phi) is 7.65. The molecule has 1 amide bonds. The van der Waals surface area contributed by atoms with E-state index in [4.69, 9.17) is 0 Å². The molecule has 1 aliphatic carbocycles. The van der Waals surface area contributed by atoms with Gasteiger partial charge < -0.3 is 5.32 Å². The van der Waals surface area contributed by atoms with Gasteiger partial charge in [-0.3, -0.25) is 4.79 Å². The van der Waals surface area contributed by atoms with Gasteiger partial charge >= 0.3 is 0 Å². The van der Waals surface area contributed by atoms with E-state index in [9.17, 15) is 13.2 Å². The monoisotopic (exact) mass is 380 g/mol. The third-order valence-corrected chi connectivity index (χ3v) is 6.95. The van der Waals surface area contributed by atoms with Gasteiger partial charge in [-0.2, -0.15) is 0 Å².